The molecule has 1 aromatic rings. The van der Waals surface area contributed by atoms with E-state index in [-0.39, 0.29) is 10.6 Å². The Morgan fingerprint density at radius 3 is 2.78 bits per heavy atom. The fourth-order valence-electron chi connectivity index (χ4n) is 2.44. The van der Waals surface area contributed by atoms with Gasteiger partial charge in [-0.05, 0) is 56.0 Å². The number of hydrogen-bond acceptors (Lipinski definition) is 4. The van der Waals surface area contributed by atoms with Gasteiger partial charge in [-0.15, -0.1) is 0 Å². The van der Waals surface area contributed by atoms with Crippen LogP contribution in [0, 0.1) is 5.92 Å². The smallest absolute Gasteiger partial charge is 0.179 e. The lowest BCUT2D eigenvalue weighted by Gasteiger charge is -2.22. The molecule has 0 amide bonds. The maximum Gasteiger partial charge on any atom is 0.179 e. The van der Waals surface area contributed by atoms with Crippen molar-refractivity contribution in [2.45, 2.75) is 24.2 Å². The Morgan fingerprint density at radius 1 is 1.44 bits per heavy atom. The molecule has 2 N–H and O–H groups in total. The number of sulfone groups is 1. The Kier molecular flexibility index (Phi) is 3.92. The van der Waals surface area contributed by atoms with Gasteiger partial charge in [-0.1, -0.05) is 6.07 Å². The van der Waals surface area contributed by atoms with Gasteiger partial charge in [-0.3, -0.25) is 0 Å². The number of phenolic OH excluding ortho intramolecular Hbond substituents is 1. The summed E-state index contributed by atoms with van der Waals surface area (Å²) < 4.78 is 22.8. The molecule has 1 atom stereocenters. The summed E-state index contributed by atoms with van der Waals surface area (Å²) in [5.74, 6) is 0.431. The quantitative estimate of drug-likeness (QED) is 0.869. The molecule has 0 aromatic heterocycles. The van der Waals surface area contributed by atoms with Gasteiger partial charge < -0.3 is 10.4 Å². The molecule has 1 saturated heterocycles. The van der Waals surface area contributed by atoms with Gasteiger partial charge >= 0.3 is 0 Å². The van der Waals surface area contributed by atoms with Gasteiger partial charge in [0.2, 0.25) is 0 Å². The van der Waals surface area contributed by atoms with Crippen LogP contribution in [0.3, 0.4) is 0 Å². The van der Waals surface area contributed by atoms with Crippen LogP contribution in [-0.4, -0.2) is 32.9 Å². The van der Waals surface area contributed by atoms with E-state index in [9.17, 15) is 13.5 Å². The third-order valence-electron chi connectivity index (χ3n) is 3.35. The lowest BCUT2D eigenvalue weighted by atomic mass is 9.92. The summed E-state index contributed by atoms with van der Waals surface area (Å²) in [6.45, 7) is 2.07. The predicted molar refractivity (Wildman–Crippen MR) is 70.5 cm³/mol. The Hall–Kier alpha value is -1.07. The van der Waals surface area contributed by atoms with Gasteiger partial charge in [0.05, 0.1) is 0 Å². The molecule has 18 heavy (non-hydrogen) atoms. The van der Waals surface area contributed by atoms with E-state index in [0.29, 0.717) is 5.92 Å². The molecule has 0 saturated carbocycles. The average Bonchev–Trinajstić information content (AvgIpc) is 2.28. The van der Waals surface area contributed by atoms with E-state index in [1.54, 1.807) is 12.1 Å². The predicted octanol–water partition coefficient (Wildman–Crippen LogP) is 1.34. The van der Waals surface area contributed by atoms with Gasteiger partial charge in [0.25, 0.3) is 0 Å². The summed E-state index contributed by atoms with van der Waals surface area (Å²) in [7, 11) is -3.35. The molecule has 4 nitrogen and oxygen atoms in total. The lowest BCUT2D eigenvalue weighted by Crippen LogP contribution is -2.30. The van der Waals surface area contributed by atoms with Crippen LogP contribution in [0.15, 0.2) is 23.1 Å². The van der Waals surface area contributed by atoms with Crippen LogP contribution in [0.4, 0.5) is 0 Å². The van der Waals surface area contributed by atoms with Crippen molar-refractivity contribution in [1.29, 1.82) is 0 Å². The first-order chi connectivity index (χ1) is 8.47. The number of benzene rings is 1. The number of nitrogens with one attached hydrogen (secondary N) is 1. The Bertz CT molecular complexity index is 519. The maximum absolute atomic E-state index is 11.4. The molecule has 0 bridgehead atoms. The van der Waals surface area contributed by atoms with Crippen molar-refractivity contribution < 1.29 is 13.5 Å². The second-order valence-corrected chi connectivity index (χ2v) is 6.97. The topological polar surface area (TPSA) is 66.4 Å². The number of hydrogen-bond donors (Lipinski definition) is 2. The van der Waals surface area contributed by atoms with E-state index in [1.165, 1.54) is 18.9 Å². The zero-order chi connectivity index (χ0) is 13.2. The molecule has 1 fully saturated rings. The van der Waals surface area contributed by atoms with Crippen LogP contribution in [0.25, 0.3) is 0 Å². The SMILES string of the molecule is CS(=O)(=O)c1ccc(CC2CCCNC2)cc1O. The number of piperidine rings is 1. The van der Waals surface area contributed by atoms with Gasteiger partial charge in [-0.2, -0.15) is 0 Å². The zero-order valence-electron chi connectivity index (χ0n) is 10.5. The van der Waals surface area contributed by atoms with Crippen LogP contribution in [-0.2, 0) is 16.3 Å². The minimum Gasteiger partial charge on any atom is -0.507 e. The molecular formula is C13H19NO3S. The van der Waals surface area contributed by atoms with Crippen LogP contribution in [0.5, 0.6) is 5.75 Å². The van der Waals surface area contributed by atoms with Gasteiger partial charge in [-0.25, -0.2) is 8.42 Å². The normalized spacial score (nSPS) is 20.8. The molecule has 100 valence electrons. The molecule has 1 unspecified atom stereocenters. The van der Waals surface area contributed by atoms with Crippen molar-refractivity contribution in [1.82, 2.24) is 5.32 Å². The van der Waals surface area contributed by atoms with E-state index in [2.05, 4.69) is 5.32 Å². The molecule has 0 radical (unpaired) electrons. The standard InChI is InChI=1S/C13H19NO3S/c1-18(16,17)13-5-4-10(8-12(13)15)7-11-3-2-6-14-9-11/h4-5,8,11,14-15H,2-3,6-7,9H2,1H3. The summed E-state index contributed by atoms with van der Waals surface area (Å²) in [4.78, 5) is 0.00743. The minimum absolute atomic E-state index is 0.00743. The van der Waals surface area contributed by atoms with Gasteiger partial charge in [0.1, 0.15) is 10.6 Å². The Balaban J connectivity index is 2.13. The van der Waals surface area contributed by atoms with Crippen LogP contribution < -0.4 is 5.32 Å². The lowest BCUT2D eigenvalue weighted by molar-refractivity contribution is 0.375. The highest BCUT2D eigenvalue weighted by Gasteiger charge is 2.16. The van der Waals surface area contributed by atoms with Crippen molar-refractivity contribution in [2.24, 2.45) is 5.92 Å². The zero-order valence-corrected chi connectivity index (χ0v) is 11.3. The van der Waals surface area contributed by atoms with E-state index in [0.717, 1.165) is 31.3 Å². The first kappa shape index (κ1) is 13.4. The van der Waals surface area contributed by atoms with Crippen LogP contribution in [0.2, 0.25) is 0 Å². The van der Waals surface area contributed by atoms with Crippen LogP contribution in [0.1, 0.15) is 18.4 Å². The molecule has 1 aliphatic heterocycles. The summed E-state index contributed by atoms with van der Waals surface area (Å²) in [5.41, 5.74) is 0.994. The highest BCUT2D eigenvalue weighted by molar-refractivity contribution is 7.90. The highest BCUT2D eigenvalue weighted by atomic mass is 32.2. The van der Waals surface area contributed by atoms with E-state index >= 15 is 0 Å². The van der Waals surface area contributed by atoms with E-state index in [1.807, 2.05) is 0 Å². The number of aromatic hydroxyl groups is 1. The Morgan fingerprint density at radius 2 is 2.22 bits per heavy atom. The van der Waals surface area contributed by atoms with Crippen molar-refractivity contribution >= 4 is 9.84 Å². The third kappa shape index (κ3) is 3.23. The number of phenols is 1. The van der Waals surface area contributed by atoms with E-state index in [4.69, 9.17) is 0 Å². The molecule has 5 heteroatoms. The summed E-state index contributed by atoms with van der Waals surface area (Å²) in [6.07, 6.45) is 4.34. The molecule has 0 spiro atoms. The second kappa shape index (κ2) is 5.28. The fraction of sp³-hybridized carbons (Fsp3) is 0.538. The fourth-order valence-corrected chi connectivity index (χ4v) is 3.19. The largest absolute Gasteiger partial charge is 0.507 e. The average molecular weight is 269 g/mol. The molecule has 1 aromatic carbocycles. The second-order valence-electron chi connectivity index (χ2n) is 4.99. The van der Waals surface area contributed by atoms with Gasteiger partial charge in [0.15, 0.2) is 9.84 Å². The molecule has 1 aliphatic rings. The molecule has 1 heterocycles. The Labute approximate surface area is 108 Å². The van der Waals surface area contributed by atoms with Crippen molar-refractivity contribution in [3.63, 3.8) is 0 Å². The van der Waals surface area contributed by atoms with Crippen molar-refractivity contribution in [3.05, 3.63) is 23.8 Å². The molecular weight excluding hydrogens is 250 g/mol. The summed E-state index contributed by atoms with van der Waals surface area (Å²) >= 11 is 0. The monoisotopic (exact) mass is 269 g/mol. The van der Waals surface area contributed by atoms with Gasteiger partial charge in [0, 0.05) is 6.26 Å². The summed E-state index contributed by atoms with van der Waals surface area (Å²) in [5, 5.41) is 13.1. The first-order valence-electron chi connectivity index (χ1n) is 6.19. The minimum atomic E-state index is -3.35. The molecule has 0 aliphatic carbocycles. The number of rotatable bonds is 3. The summed E-state index contributed by atoms with van der Waals surface area (Å²) in [6, 6.07) is 4.87. The molecule has 2 rings (SSSR count). The third-order valence-corrected chi connectivity index (χ3v) is 4.49. The van der Waals surface area contributed by atoms with Crippen molar-refractivity contribution in [3.8, 4) is 5.75 Å². The van der Waals surface area contributed by atoms with E-state index < -0.39 is 9.84 Å². The highest BCUT2D eigenvalue weighted by Crippen LogP contribution is 2.26. The van der Waals surface area contributed by atoms with Crippen LogP contribution >= 0.6 is 0 Å². The first-order valence-corrected chi connectivity index (χ1v) is 8.08. The maximum atomic E-state index is 11.4. The van der Waals surface area contributed by atoms with Crippen molar-refractivity contribution in [2.75, 3.05) is 19.3 Å².